The Hall–Kier alpha value is -0.520. The summed E-state index contributed by atoms with van der Waals surface area (Å²) in [7, 11) is 0. The second-order valence-corrected chi connectivity index (χ2v) is 9.54. The Morgan fingerprint density at radius 2 is 1.30 bits per heavy atom. The SMILES string of the molecule is CCCCCCCCCCC1C=CC(C2CCC(CCCCC)CC2)=CC1. The van der Waals surface area contributed by atoms with E-state index < -0.39 is 0 Å². The molecule has 27 heavy (non-hydrogen) atoms. The summed E-state index contributed by atoms with van der Waals surface area (Å²) in [5, 5.41) is 0. The molecular weight excluding hydrogens is 324 g/mol. The molecule has 0 saturated heterocycles. The van der Waals surface area contributed by atoms with Crippen LogP contribution in [0, 0.1) is 17.8 Å². The van der Waals surface area contributed by atoms with Gasteiger partial charge in [-0.3, -0.25) is 0 Å². The third-order valence-electron chi connectivity index (χ3n) is 7.18. The number of unbranched alkanes of at least 4 members (excludes halogenated alkanes) is 9. The molecule has 1 unspecified atom stereocenters. The van der Waals surface area contributed by atoms with Gasteiger partial charge in [0.1, 0.15) is 0 Å². The van der Waals surface area contributed by atoms with Crippen LogP contribution >= 0.6 is 0 Å². The molecule has 0 aliphatic heterocycles. The third kappa shape index (κ3) is 9.49. The van der Waals surface area contributed by atoms with Gasteiger partial charge in [-0.15, -0.1) is 0 Å². The fourth-order valence-electron chi connectivity index (χ4n) is 5.21. The molecule has 0 aromatic rings. The molecule has 2 rings (SSSR count). The van der Waals surface area contributed by atoms with Gasteiger partial charge in [0.15, 0.2) is 0 Å². The predicted octanol–water partition coefficient (Wildman–Crippen LogP) is 9.41. The Morgan fingerprint density at radius 1 is 0.704 bits per heavy atom. The van der Waals surface area contributed by atoms with Crippen molar-refractivity contribution in [3.63, 3.8) is 0 Å². The molecular formula is C27H48. The maximum Gasteiger partial charge on any atom is -0.0165 e. The molecule has 156 valence electrons. The maximum atomic E-state index is 2.61. The topological polar surface area (TPSA) is 0 Å². The second kappa shape index (κ2) is 14.5. The summed E-state index contributed by atoms with van der Waals surface area (Å²) in [6, 6.07) is 0. The van der Waals surface area contributed by atoms with Gasteiger partial charge in [0.25, 0.3) is 0 Å². The van der Waals surface area contributed by atoms with E-state index in [-0.39, 0.29) is 0 Å². The first kappa shape index (κ1) is 22.8. The quantitative estimate of drug-likeness (QED) is 0.266. The summed E-state index contributed by atoms with van der Waals surface area (Å²) < 4.78 is 0. The average molecular weight is 373 g/mol. The van der Waals surface area contributed by atoms with Gasteiger partial charge >= 0.3 is 0 Å². The Labute approximate surface area is 171 Å². The van der Waals surface area contributed by atoms with Gasteiger partial charge in [-0.2, -0.15) is 0 Å². The molecule has 0 N–H and O–H groups in total. The lowest BCUT2D eigenvalue weighted by Crippen LogP contribution is -2.17. The van der Waals surface area contributed by atoms with Gasteiger partial charge in [-0.1, -0.05) is 109 Å². The largest absolute Gasteiger partial charge is 0.0808 e. The van der Waals surface area contributed by atoms with Crippen LogP contribution in [0.25, 0.3) is 0 Å². The highest BCUT2D eigenvalue weighted by atomic mass is 14.3. The summed E-state index contributed by atoms with van der Waals surface area (Å²) in [6.45, 7) is 4.62. The summed E-state index contributed by atoms with van der Waals surface area (Å²) in [4.78, 5) is 0. The normalized spacial score (nSPS) is 25.6. The first-order chi connectivity index (χ1) is 13.3. The number of allylic oxidation sites excluding steroid dienone is 4. The second-order valence-electron chi connectivity index (χ2n) is 9.54. The molecule has 0 aromatic heterocycles. The smallest absolute Gasteiger partial charge is 0.0165 e. The summed E-state index contributed by atoms with van der Waals surface area (Å²) >= 11 is 0. The van der Waals surface area contributed by atoms with E-state index in [0.717, 1.165) is 17.8 Å². The number of hydrogen-bond donors (Lipinski definition) is 0. The number of hydrogen-bond acceptors (Lipinski definition) is 0. The van der Waals surface area contributed by atoms with Crippen LogP contribution in [0.4, 0.5) is 0 Å². The minimum atomic E-state index is 0.833. The monoisotopic (exact) mass is 372 g/mol. The van der Waals surface area contributed by atoms with E-state index >= 15 is 0 Å². The zero-order chi connectivity index (χ0) is 19.2. The highest BCUT2D eigenvalue weighted by Crippen LogP contribution is 2.38. The molecule has 0 heterocycles. The molecule has 0 radical (unpaired) electrons. The lowest BCUT2D eigenvalue weighted by atomic mass is 9.75. The van der Waals surface area contributed by atoms with Crippen LogP contribution in [0.5, 0.6) is 0 Å². The van der Waals surface area contributed by atoms with E-state index in [9.17, 15) is 0 Å². The molecule has 0 bridgehead atoms. The third-order valence-corrected chi connectivity index (χ3v) is 7.18. The van der Waals surface area contributed by atoms with Gasteiger partial charge < -0.3 is 0 Å². The predicted molar refractivity (Wildman–Crippen MR) is 122 cm³/mol. The van der Waals surface area contributed by atoms with E-state index in [4.69, 9.17) is 0 Å². The van der Waals surface area contributed by atoms with Crippen molar-refractivity contribution in [2.45, 2.75) is 129 Å². The molecule has 0 spiro atoms. The highest BCUT2D eigenvalue weighted by Gasteiger charge is 2.23. The number of rotatable bonds is 14. The minimum absolute atomic E-state index is 0.833. The van der Waals surface area contributed by atoms with Crippen molar-refractivity contribution in [2.75, 3.05) is 0 Å². The molecule has 0 amide bonds. The van der Waals surface area contributed by atoms with Crippen molar-refractivity contribution in [1.29, 1.82) is 0 Å². The molecule has 0 heteroatoms. The van der Waals surface area contributed by atoms with Gasteiger partial charge in [-0.25, -0.2) is 0 Å². The van der Waals surface area contributed by atoms with Gasteiger partial charge in [-0.05, 0) is 61.9 Å². The molecule has 1 fully saturated rings. The Balaban J connectivity index is 1.52. The van der Waals surface area contributed by atoms with Gasteiger partial charge in [0.05, 0.1) is 0 Å². The molecule has 2 aliphatic carbocycles. The summed E-state index contributed by atoms with van der Waals surface area (Å²) in [6.07, 6.45) is 33.6. The van der Waals surface area contributed by atoms with Crippen molar-refractivity contribution < 1.29 is 0 Å². The van der Waals surface area contributed by atoms with Crippen LogP contribution in [-0.2, 0) is 0 Å². The zero-order valence-electron chi connectivity index (χ0n) is 18.7. The Bertz CT molecular complexity index is 408. The van der Waals surface area contributed by atoms with Gasteiger partial charge in [0, 0.05) is 0 Å². The molecule has 0 aromatic carbocycles. The van der Waals surface area contributed by atoms with Crippen molar-refractivity contribution in [3.8, 4) is 0 Å². The van der Waals surface area contributed by atoms with E-state index in [0.29, 0.717) is 0 Å². The van der Waals surface area contributed by atoms with Gasteiger partial charge in [0.2, 0.25) is 0 Å². The van der Waals surface area contributed by atoms with Crippen molar-refractivity contribution in [1.82, 2.24) is 0 Å². The standard InChI is InChI=1S/C27H48/c1-3-5-7-8-9-10-11-13-15-25-18-22-27(23-19-25)26-20-16-24(17-21-26)14-12-6-4-2/h18,22-26H,3-17,19-21H2,1-2H3. The van der Waals surface area contributed by atoms with Crippen LogP contribution < -0.4 is 0 Å². The Morgan fingerprint density at radius 3 is 1.93 bits per heavy atom. The first-order valence-electron chi connectivity index (χ1n) is 12.7. The molecule has 1 saturated carbocycles. The molecule has 2 aliphatic rings. The van der Waals surface area contributed by atoms with Crippen LogP contribution in [0.1, 0.15) is 129 Å². The van der Waals surface area contributed by atoms with Crippen LogP contribution in [0.15, 0.2) is 23.8 Å². The van der Waals surface area contributed by atoms with E-state index in [2.05, 4.69) is 32.1 Å². The van der Waals surface area contributed by atoms with E-state index in [1.165, 1.54) is 116 Å². The fourth-order valence-corrected chi connectivity index (χ4v) is 5.21. The zero-order valence-corrected chi connectivity index (χ0v) is 18.7. The summed E-state index contributed by atoms with van der Waals surface area (Å²) in [5.74, 6) is 2.75. The lowest BCUT2D eigenvalue weighted by Gasteiger charge is -2.31. The van der Waals surface area contributed by atoms with Crippen molar-refractivity contribution in [3.05, 3.63) is 23.8 Å². The van der Waals surface area contributed by atoms with Crippen molar-refractivity contribution >= 4 is 0 Å². The molecule has 0 nitrogen and oxygen atoms in total. The summed E-state index contributed by atoms with van der Waals surface area (Å²) in [5.41, 5.74) is 1.69. The fraction of sp³-hybridized carbons (Fsp3) is 0.852. The van der Waals surface area contributed by atoms with Crippen LogP contribution in [0.3, 0.4) is 0 Å². The Kier molecular flexibility index (Phi) is 12.2. The van der Waals surface area contributed by atoms with E-state index in [1.54, 1.807) is 5.57 Å². The first-order valence-corrected chi connectivity index (χ1v) is 12.7. The maximum absolute atomic E-state index is 2.61. The molecule has 1 atom stereocenters. The minimum Gasteiger partial charge on any atom is -0.0808 e. The highest BCUT2D eigenvalue weighted by molar-refractivity contribution is 5.26. The van der Waals surface area contributed by atoms with Crippen LogP contribution in [-0.4, -0.2) is 0 Å². The van der Waals surface area contributed by atoms with E-state index in [1.807, 2.05) is 0 Å². The van der Waals surface area contributed by atoms with Crippen LogP contribution in [0.2, 0.25) is 0 Å². The lowest BCUT2D eigenvalue weighted by molar-refractivity contribution is 0.283. The van der Waals surface area contributed by atoms with Crippen molar-refractivity contribution in [2.24, 2.45) is 17.8 Å². The average Bonchev–Trinajstić information content (AvgIpc) is 2.71.